The van der Waals surface area contributed by atoms with Gasteiger partial charge in [-0.25, -0.2) is 0 Å². The van der Waals surface area contributed by atoms with Gasteiger partial charge in [-0.2, -0.15) is 0 Å². The van der Waals surface area contributed by atoms with Crippen LogP contribution in [0.4, 0.5) is 0 Å². The molecule has 3 rings (SSSR count). The van der Waals surface area contributed by atoms with Crippen molar-refractivity contribution in [2.75, 3.05) is 0 Å². The van der Waals surface area contributed by atoms with Crippen molar-refractivity contribution in [3.05, 3.63) is 0 Å². The van der Waals surface area contributed by atoms with Gasteiger partial charge < -0.3 is 33.9 Å². The van der Waals surface area contributed by atoms with Crippen LogP contribution in [0, 0.1) is 35.5 Å². The summed E-state index contributed by atoms with van der Waals surface area (Å²) in [6.07, 6.45) is -0.333. The van der Waals surface area contributed by atoms with Gasteiger partial charge in [-0.1, -0.05) is 62.3 Å². The molecule has 2 N–H and O–H groups in total. The second kappa shape index (κ2) is 11.8. The summed E-state index contributed by atoms with van der Waals surface area (Å²) in [4.78, 5) is 0. The fourth-order valence-electron chi connectivity index (χ4n) is 5.85. The number of rotatable bonds is 7. The van der Waals surface area contributed by atoms with Gasteiger partial charge in [0.15, 0.2) is 18.9 Å². The lowest BCUT2D eigenvalue weighted by Gasteiger charge is -2.50. The first-order valence-corrected chi connectivity index (χ1v) is 13.7. The average molecular weight is 487 g/mol. The lowest BCUT2D eigenvalue weighted by Crippen LogP contribution is -2.58. The fraction of sp³-hybridized carbons (Fsp3) is 1.00. The van der Waals surface area contributed by atoms with E-state index in [4.69, 9.17) is 23.7 Å². The van der Waals surface area contributed by atoms with Crippen molar-refractivity contribution in [2.45, 2.75) is 137 Å². The molecular weight excluding hydrogens is 436 g/mol. The van der Waals surface area contributed by atoms with Crippen LogP contribution in [0.25, 0.3) is 0 Å². The number of aliphatic hydroxyl groups excluding tert-OH is 2. The Morgan fingerprint density at radius 1 is 0.529 bits per heavy atom. The van der Waals surface area contributed by atoms with Crippen LogP contribution in [0.5, 0.6) is 0 Å². The van der Waals surface area contributed by atoms with E-state index in [-0.39, 0.29) is 78.6 Å². The first-order valence-electron chi connectivity index (χ1n) is 13.7. The Kier molecular flexibility index (Phi) is 9.86. The Labute approximate surface area is 206 Å². The van der Waals surface area contributed by atoms with E-state index in [1.54, 1.807) is 0 Å². The molecule has 0 aromatic heterocycles. The van der Waals surface area contributed by atoms with Gasteiger partial charge in [0, 0.05) is 17.8 Å². The van der Waals surface area contributed by atoms with Crippen molar-refractivity contribution < 1.29 is 33.9 Å². The van der Waals surface area contributed by atoms with E-state index in [9.17, 15) is 10.2 Å². The summed E-state index contributed by atoms with van der Waals surface area (Å²) in [6, 6.07) is 0. The van der Waals surface area contributed by atoms with E-state index in [1.807, 2.05) is 13.8 Å². The minimum atomic E-state index is -0.755. The van der Waals surface area contributed by atoms with Crippen molar-refractivity contribution in [3.8, 4) is 0 Å². The molecule has 3 heterocycles. The minimum Gasteiger partial charge on any atom is -0.390 e. The highest BCUT2D eigenvalue weighted by molar-refractivity contribution is 4.91. The molecular formula is C27H50O7. The molecule has 15 atom stereocenters. The Morgan fingerprint density at radius 3 is 1.44 bits per heavy atom. The number of ether oxygens (including phenoxy) is 5. The molecule has 0 aliphatic carbocycles. The summed E-state index contributed by atoms with van der Waals surface area (Å²) in [6.45, 7) is 18.9. The standard InChI is InChI=1S/C27H50O7/c1-10-19-22(28)13(4)17(8)26(31-19)34-24-15(6)18(9)27(32-21(24)12-3)33-23-14(5)16(7)25(29)30-20(23)11-2/h13-29H,10-12H2,1-9H3/t13-,14-,15?,16?,17?,18?,19?,20?,21+,22+,23+,24+,25?,26+,27+/m1/s1. The summed E-state index contributed by atoms with van der Waals surface area (Å²) in [5.74, 6) is 0.659. The first-order chi connectivity index (χ1) is 16.0. The Morgan fingerprint density at radius 2 is 0.941 bits per heavy atom. The van der Waals surface area contributed by atoms with Gasteiger partial charge in [0.05, 0.1) is 36.6 Å². The number of hydrogen-bond acceptors (Lipinski definition) is 7. The van der Waals surface area contributed by atoms with Crippen LogP contribution in [0.1, 0.15) is 81.6 Å². The summed E-state index contributed by atoms with van der Waals surface area (Å²) in [7, 11) is 0. The Bertz CT molecular complexity index is 626. The highest BCUT2D eigenvalue weighted by Gasteiger charge is 2.49. The van der Waals surface area contributed by atoms with Crippen LogP contribution in [-0.4, -0.2) is 65.7 Å². The summed E-state index contributed by atoms with van der Waals surface area (Å²) in [5.41, 5.74) is 0. The lowest BCUT2D eigenvalue weighted by molar-refractivity contribution is -0.347. The van der Waals surface area contributed by atoms with Crippen LogP contribution >= 0.6 is 0 Å². The number of aliphatic hydroxyl groups is 2. The van der Waals surface area contributed by atoms with Crippen LogP contribution in [0.15, 0.2) is 0 Å². The molecule has 3 aliphatic rings. The molecule has 7 unspecified atom stereocenters. The highest BCUT2D eigenvalue weighted by Crippen LogP contribution is 2.41. The number of hydrogen-bond donors (Lipinski definition) is 2. The Hall–Kier alpha value is -0.280. The van der Waals surface area contributed by atoms with Crippen molar-refractivity contribution in [3.63, 3.8) is 0 Å². The molecule has 3 fully saturated rings. The van der Waals surface area contributed by atoms with E-state index in [1.165, 1.54) is 0 Å². The Balaban J connectivity index is 1.72. The van der Waals surface area contributed by atoms with Crippen molar-refractivity contribution in [1.29, 1.82) is 0 Å². The van der Waals surface area contributed by atoms with Crippen LogP contribution in [0.2, 0.25) is 0 Å². The van der Waals surface area contributed by atoms with Crippen molar-refractivity contribution >= 4 is 0 Å². The second-order valence-corrected chi connectivity index (χ2v) is 11.2. The molecule has 0 amide bonds. The first kappa shape index (κ1) is 28.3. The monoisotopic (exact) mass is 486 g/mol. The molecule has 0 aromatic rings. The third-order valence-corrected chi connectivity index (χ3v) is 9.21. The zero-order valence-electron chi connectivity index (χ0n) is 22.7. The summed E-state index contributed by atoms with van der Waals surface area (Å²) in [5, 5.41) is 20.8. The lowest BCUT2D eigenvalue weighted by atomic mass is 9.81. The maximum atomic E-state index is 10.6. The molecule has 3 saturated heterocycles. The van der Waals surface area contributed by atoms with E-state index >= 15 is 0 Å². The predicted molar refractivity (Wildman–Crippen MR) is 130 cm³/mol. The van der Waals surface area contributed by atoms with E-state index in [2.05, 4.69) is 48.5 Å². The van der Waals surface area contributed by atoms with Gasteiger partial charge in [0.25, 0.3) is 0 Å². The molecule has 0 spiro atoms. The summed E-state index contributed by atoms with van der Waals surface area (Å²) < 4.78 is 31.9. The molecule has 34 heavy (non-hydrogen) atoms. The van der Waals surface area contributed by atoms with Gasteiger partial charge >= 0.3 is 0 Å². The smallest absolute Gasteiger partial charge is 0.161 e. The average Bonchev–Trinajstić information content (AvgIpc) is 2.83. The third-order valence-electron chi connectivity index (χ3n) is 9.21. The van der Waals surface area contributed by atoms with Gasteiger partial charge in [0.2, 0.25) is 0 Å². The molecule has 0 bridgehead atoms. The fourth-order valence-corrected chi connectivity index (χ4v) is 5.85. The quantitative estimate of drug-likeness (QED) is 0.554. The van der Waals surface area contributed by atoms with Gasteiger partial charge in [0.1, 0.15) is 0 Å². The van der Waals surface area contributed by atoms with Crippen LogP contribution in [-0.2, 0) is 23.7 Å². The molecule has 0 aromatic carbocycles. The minimum absolute atomic E-state index is 0.00374. The summed E-state index contributed by atoms with van der Waals surface area (Å²) >= 11 is 0. The van der Waals surface area contributed by atoms with Crippen LogP contribution in [0.3, 0.4) is 0 Å². The second-order valence-electron chi connectivity index (χ2n) is 11.2. The maximum Gasteiger partial charge on any atom is 0.161 e. The largest absolute Gasteiger partial charge is 0.390 e. The molecule has 0 radical (unpaired) electrons. The zero-order valence-corrected chi connectivity index (χ0v) is 22.7. The molecule has 7 nitrogen and oxygen atoms in total. The molecule has 200 valence electrons. The van der Waals surface area contributed by atoms with E-state index < -0.39 is 12.4 Å². The van der Waals surface area contributed by atoms with Gasteiger partial charge in [-0.05, 0) is 37.0 Å². The third kappa shape index (κ3) is 5.51. The zero-order chi connectivity index (χ0) is 25.3. The normalized spacial score (nSPS) is 52.5. The highest BCUT2D eigenvalue weighted by atomic mass is 16.7. The van der Waals surface area contributed by atoms with Crippen molar-refractivity contribution in [1.82, 2.24) is 0 Å². The topological polar surface area (TPSA) is 86.6 Å². The van der Waals surface area contributed by atoms with E-state index in [0.29, 0.717) is 0 Å². The van der Waals surface area contributed by atoms with Crippen LogP contribution < -0.4 is 0 Å². The molecule has 7 heteroatoms. The van der Waals surface area contributed by atoms with E-state index in [0.717, 1.165) is 19.3 Å². The van der Waals surface area contributed by atoms with Gasteiger partial charge in [-0.15, -0.1) is 0 Å². The SMILES string of the molecule is CCC1O[C@@H](O[C@H]2C(C)C(C)[C@H](O[C@@H]3C(CC)OC(O)C(C)[C@H]3C)O[C@H]2CC)C(C)[C@@H](C)[C@@H]1O. The van der Waals surface area contributed by atoms with Crippen molar-refractivity contribution in [2.24, 2.45) is 35.5 Å². The molecule has 0 saturated carbocycles. The molecule has 3 aliphatic heterocycles. The maximum absolute atomic E-state index is 10.6. The van der Waals surface area contributed by atoms with Gasteiger partial charge in [-0.3, -0.25) is 0 Å². The predicted octanol–water partition coefficient (Wildman–Crippen LogP) is 4.33.